The predicted molar refractivity (Wildman–Crippen MR) is 106 cm³/mol. The Bertz CT molecular complexity index is 663. The molecule has 2 fully saturated rings. The molecule has 1 aliphatic carbocycles. The minimum atomic E-state index is -0.778. The van der Waals surface area contributed by atoms with Crippen LogP contribution in [-0.2, 0) is 9.59 Å². The van der Waals surface area contributed by atoms with Gasteiger partial charge >= 0.3 is 5.97 Å². The van der Waals surface area contributed by atoms with Crippen LogP contribution in [0, 0.1) is 5.92 Å². The molecule has 1 N–H and O–H groups in total. The third-order valence-corrected chi connectivity index (χ3v) is 6.18. The number of carbonyl (C=O) groups is 2. The largest absolute Gasteiger partial charge is 0.480 e. The summed E-state index contributed by atoms with van der Waals surface area (Å²) in [7, 11) is 0. The molecule has 0 spiro atoms. The number of hydrogen-bond acceptors (Lipinski definition) is 3. The van der Waals surface area contributed by atoms with Crippen molar-refractivity contribution in [2.24, 2.45) is 5.92 Å². The van der Waals surface area contributed by atoms with Crippen LogP contribution < -0.4 is 0 Å². The highest BCUT2D eigenvalue weighted by Gasteiger charge is 2.46. The van der Waals surface area contributed by atoms with Crippen LogP contribution in [0.3, 0.4) is 0 Å². The average Bonchev–Trinajstić information content (AvgIpc) is 3.46. The molecule has 1 aromatic rings. The summed E-state index contributed by atoms with van der Waals surface area (Å²) in [5.41, 5.74) is 2.62. The minimum Gasteiger partial charge on any atom is -0.480 e. The Hall–Kier alpha value is -1.88. The zero-order valence-electron chi connectivity index (χ0n) is 16.7. The van der Waals surface area contributed by atoms with Crippen molar-refractivity contribution in [3.63, 3.8) is 0 Å². The van der Waals surface area contributed by atoms with Crippen molar-refractivity contribution in [2.45, 2.75) is 57.9 Å². The summed E-state index contributed by atoms with van der Waals surface area (Å²) in [6.07, 6.45) is 2.69. The van der Waals surface area contributed by atoms with E-state index in [1.54, 1.807) is 0 Å². The number of aliphatic carboxylic acids is 1. The Morgan fingerprint density at radius 1 is 1.19 bits per heavy atom. The molecule has 1 aliphatic heterocycles. The van der Waals surface area contributed by atoms with Gasteiger partial charge in [0.1, 0.15) is 0 Å². The molecule has 1 aromatic carbocycles. The van der Waals surface area contributed by atoms with E-state index < -0.39 is 5.97 Å². The van der Waals surface area contributed by atoms with Crippen LogP contribution in [-0.4, -0.2) is 59.0 Å². The third-order valence-electron chi connectivity index (χ3n) is 6.18. The Morgan fingerprint density at radius 2 is 1.81 bits per heavy atom. The van der Waals surface area contributed by atoms with Gasteiger partial charge in [0.15, 0.2) is 0 Å². The topological polar surface area (TPSA) is 60.9 Å². The second kappa shape index (κ2) is 8.42. The maximum Gasteiger partial charge on any atom is 0.317 e. The van der Waals surface area contributed by atoms with Gasteiger partial charge in [0.2, 0.25) is 5.91 Å². The molecule has 0 bridgehead atoms. The van der Waals surface area contributed by atoms with Crippen LogP contribution in [0.4, 0.5) is 0 Å². The second-order valence-corrected chi connectivity index (χ2v) is 8.28. The molecule has 0 aromatic heterocycles. The van der Waals surface area contributed by atoms with E-state index in [0.717, 1.165) is 38.9 Å². The molecule has 2 atom stereocenters. The first-order valence-corrected chi connectivity index (χ1v) is 10.2. The Morgan fingerprint density at radius 3 is 2.33 bits per heavy atom. The fraction of sp³-hybridized carbons (Fsp3) is 0.636. The lowest BCUT2D eigenvalue weighted by Gasteiger charge is -2.37. The first-order chi connectivity index (χ1) is 12.9. The summed E-state index contributed by atoms with van der Waals surface area (Å²) in [5.74, 6) is 0.538. The number of amides is 1. The molecule has 3 rings (SSSR count). The van der Waals surface area contributed by atoms with E-state index in [-0.39, 0.29) is 24.4 Å². The van der Waals surface area contributed by atoms with Crippen LogP contribution in [0.5, 0.6) is 0 Å². The summed E-state index contributed by atoms with van der Waals surface area (Å²) in [5, 5.41) is 9.05. The summed E-state index contributed by atoms with van der Waals surface area (Å²) < 4.78 is 0. The normalized spacial score (nSPS) is 23.1. The highest BCUT2D eigenvalue weighted by molar-refractivity contribution is 5.83. The summed E-state index contributed by atoms with van der Waals surface area (Å²) in [6.45, 7) is 8.70. The van der Waals surface area contributed by atoms with E-state index in [1.807, 2.05) is 16.7 Å². The van der Waals surface area contributed by atoms with E-state index in [9.17, 15) is 9.59 Å². The van der Waals surface area contributed by atoms with Gasteiger partial charge < -0.3 is 10.0 Å². The molecule has 2 aliphatic rings. The highest BCUT2D eigenvalue weighted by atomic mass is 16.4. The van der Waals surface area contributed by atoms with E-state index in [0.29, 0.717) is 11.8 Å². The molecule has 0 radical (unpaired) electrons. The van der Waals surface area contributed by atoms with E-state index in [2.05, 4.69) is 38.1 Å². The second-order valence-electron chi connectivity index (χ2n) is 8.28. The molecule has 2 unspecified atom stereocenters. The first-order valence-electron chi connectivity index (χ1n) is 10.2. The number of likely N-dealkylation sites (tertiary alicyclic amines) is 1. The maximum atomic E-state index is 12.9. The number of rotatable bonds is 7. The lowest BCUT2D eigenvalue weighted by Crippen LogP contribution is -2.48. The van der Waals surface area contributed by atoms with Gasteiger partial charge in [-0.15, -0.1) is 0 Å². The van der Waals surface area contributed by atoms with Crippen LogP contribution >= 0.6 is 0 Å². The molecule has 1 amide bonds. The Kier molecular flexibility index (Phi) is 6.20. The fourth-order valence-electron chi connectivity index (χ4n) is 4.32. The van der Waals surface area contributed by atoms with Crippen LogP contribution in [0.15, 0.2) is 24.3 Å². The molecule has 1 saturated carbocycles. The van der Waals surface area contributed by atoms with Gasteiger partial charge in [0, 0.05) is 25.0 Å². The van der Waals surface area contributed by atoms with E-state index in [1.165, 1.54) is 11.1 Å². The number of likely N-dealkylation sites (N-methyl/N-ethyl adjacent to an activating group) is 1. The summed E-state index contributed by atoms with van der Waals surface area (Å²) in [6, 6.07) is 9.02. The molecule has 1 saturated heterocycles. The van der Waals surface area contributed by atoms with Crippen molar-refractivity contribution in [2.75, 3.05) is 26.2 Å². The molecule has 5 nitrogen and oxygen atoms in total. The Balaban J connectivity index is 1.51. The van der Waals surface area contributed by atoms with Crippen molar-refractivity contribution in [1.29, 1.82) is 0 Å². The van der Waals surface area contributed by atoms with E-state index >= 15 is 0 Å². The van der Waals surface area contributed by atoms with Gasteiger partial charge in [-0.2, -0.15) is 0 Å². The average molecular weight is 373 g/mol. The van der Waals surface area contributed by atoms with Crippen molar-refractivity contribution in [1.82, 2.24) is 9.80 Å². The van der Waals surface area contributed by atoms with Crippen molar-refractivity contribution < 1.29 is 14.7 Å². The van der Waals surface area contributed by atoms with Gasteiger partial charge in [-0.05, 0) is 48.8 Å². The third kappa shape index (κ3) is 4.70. The molecular weight excluding hydrogens is 340 g/mol. The smallest absolute Gasteiger partial charge is 0.317 e. The maximum absolute atomic E-state index is 12.9. The fourth-order valence-corrected chi connectivity index (χ4v) is 4.32. The highest BCUT2D eigenvalue weighted by Crippen LogP contribution is 2.48. The molecule has 27 heavy (non-hydrogen) atoms. The molecule has 1 heterocycles. The SMILES string of the molecule is CCN(CC(=O)O)C1CCN(C(=O)C2CC2c2ccc(C(C)C)cc2)CC1. The van der Waals surface area contributed by atoms with Crippen LogP contribution in [0.25, 0.3) is 0 Å². The van der Waals surface area contributed by atoms with Gasteiger partial charge in [-0.3, -0.25) is 14.5 Å². The van der Waals surface area contributed by atoms with Crippen LogP contribution in [0.1, 0.15) is 63.0 Å². The minimum absolute atomic E-state index is 0.0895. The zero-order valence-corrected chi connectivity index (χ0v) is 16.7. The standard InChI is InChI=1S/C22H32N2O3/c1-4-23(14-21(25)26)18-9-11-24(12-10-18)22(27)20-13-19(20)17-7-5-16(6-8-17)15(2)3/h5-8,15,18-20H,4,9-14H2,1-3H3,(H,25,26). The summed E-state index contributed by atoms with van der Waals surface area (Å²) >= 11 is 0. The Labute approximate surface area is 162 Å². The number of hydrogen-bond donors (Lipinski definition) is 1. The van der Waals surface area contributed by atoms with Gasteiger partial charge in [-0.1, -0.05) is 45.0 Å². The molecule has 148 valence electrons. The lowest BCUT2D eigenvalue weighted by molar-refractivity contribution is -0.140. The van der Waals surface area contributed by atoms with Crippen molar-refractivity contribution in [3.05, 3.63) is 35.4 Å². The predicted octanol–water partition coefficient (Wildman–Crippen LogP) is 3.31. The number of carbonyl (C=O) groups excluding carboxylic acids is 1. The number of piperidine rings is 1. The van der Waals surface area contributed by atoms with Crippen molar-refractivity contribution in [3.8, 4) is 0 Å². The zero-order chi connectivity index (χ0) is 19.6. The van der Waals surface area contributed by atoms with Gasteiger partial charge in [0.05, 0.1) is 6.54 Å². The van der Waals surface area contributed by atoms with Gasteiger partial charge in [0.25, 0.3) is 0 Å². The quantitative estimate of drug-likeness (QED) is 0.798. The van der Waals surface area contributed by atoms with Crippen molar-refractivity contribution >= 4 is 11.9 Å². The monoisotopic (exact) mass is 372 g/mol. The lowest BCUT2D eigenvalue weighted by atomic mass is 9.99. The van der Waals surface area contributed by atoms with Crippen LogP contribution in [0.2, 0.25) is 0 Å². The molecule has 5 heteroatoms. The first kappa shape index (κ1) is 19.9. The molecular formula is C22H32N2O3. The number of carboxylic acids is 1. The number of benzene rings is 1. The van der Waals surface area contributed by atoms with Gasteiger partial charge in [-0.25, -0.2) is 0 Å². The number of carboxylic acid groups (broad SMARTS) is 1. The summed E-state index contributed by atoms with van der Waals surface area (Å²) in [4.78, 5) is 27.9. The van der Waals surface area contributed by atoms with E-state index in [4.69, 9.17) is 5.11 Å². The number of nitrogens with zero attached hydrogens (tertiary/aromatic N) is 2.